The van der Waals surface area contributed by atoms with Gasteiger partial charge in [-0.3, -0.25) is 15.0 Å². The number of hydrogen-bond acceptors (Lipinski definition) is 4. The van der Waals surface area contributed by atoms with E-state index in [4.69, 9.17) is 0 Å². The van der Waals surface area contributed by atoms with Crippen LogP contribution < -0.4 is 15.8 Å². The Morgan fingerprint density at radius 3 is 2.46 bits per heavy atom. The van der Waals surface area contributed by atoms with Gasteiger partial charge >= 0.3 is 0 Å². The summed E-state index contributed by atoms with van der Waals surface area (Å²) in [4.78, 5) is 29.8. The van der Waals surface area contributed by atoms with Crippen LogP contribution in [0.5, 0.6) is 0 Å². The number of nitrogens with one attached hydrogen (secondary N) is 2. The molecule has 1 aliphatic carbocycles. The number of amides is 2. The molecule has 1 saturated carbocycles. The van der Waals surface area contributed by atoms with Gasteiger partial charge in [-0.1, -0.05) is 48.0 Å². The van der Waals surface area contributed by atoms with Gasteiger partial charge in [-0.05, 0) is 50.3 Å². The van der Waals surface area contributed by atoms with E-state index < -0.39 is 6.04 Å². The van der Waals surface area contributed by atoms with Crippen LogP contribution in [-0.2, 0) is 9.59 Å². The van der Waals surface area contributed by atoms with E-state index in [1.54, 1.807) is 6.92 Å². The highest BCUT2D eigenvalue weighted by atomic mass is 16.2. The fourth-order valence-corrected chi connectivity index (χ4v) is 3.39. The first kappa shape index (κ1) is 18.2. The summed E-state index contributed by atoms with van der Waals surface area (Å²) in [6, 6.07) is 16.8. The number of hydrogen-bond donors (Lipinski definition) is 2. The van der Waals surface area contributed by atoms with Crippen LogP contribution in [0, 0.1) is 12.8 Å². The van der Waals surface area contributed by atoms with E-state index in [0.717, 1.165) is 18.4 Å². The summed E-state index contributed by atoms with van der Waals surface area (Å²) >= 11 is 0. The van der Waals surface area contributed by atoms with Crippen LogP contribution in [0.4, 0.5) is 5.69 Å². The van der Waals surface area contributed by atoms with E-state index in [1.165, 1.54) is 10.6 Å². The number of rotatable bonds is 5. The lowest BCUT2D eigenvalue weighted by atomic mass is 10.0. The van der Waals surface area contributed by atoms with Crippen molar-refractivity contribution in [3.05, 3.63) is 65.7 Å². The van der Waals surface area contributed by atoms with Crippen LogP contribution in [0.3, 0.4) is 0 Å². The van der Waals surface area contributed by atoms with Crippen LogP contribution in [0.1, 0.15) is 36.9 Å². The number of benzene rings is 2. The molecule has 6 heteroatoms. The molecule has 2 amide bonds. The van der Waals surface area contributed by atoms with Gasteiger partial charge in [0, 0.05) is 0 Å². The third kappa shape index (κ3) is 3.76. The number of hydrazine groups is 1. The standard InChI is InChI=1S/C22H24N4O2/c1-14-8-10-16(11-9-14)19(17-12-13-17)24-21(27)20-23-15(2)22(28)26(25-20)18-6-4-3-5-7-18/h3-11,15,17,19H,12-13H2,1-2H3,(H,23,25)(H,24,27). The number of anilines is 1. The minimum absolute atomic E-state index is 0.0456. The second kappa shape index (κ2) is 7.46. The number of aliphatic imine (C=N–C) groups is 1. The number of carbonyl (C=O) groups excluding carboxylic acids is 2. The molecular formula is C22H24N4O2. The molecule has 0 spiro atoms. The first-order valence-corrected chi connectivity index (χ1v) is 9.64. The van der Waals surface area contributed by atoms with Gasteiger partial charge in [-0.2, -0.15) is 0 Å². The van der Waals surface area contributed by atoms with E-state index in [2.05, 4.69) is 40.0 Å². The molecule has 1 heterocycles. The largest absolute Gasteiger partial charge is 0.342 e. The summed E-state index contributed by atoms with van der Waals surface area (Å²) in [6.07, 6.45) is 2.20. The maximum Gasteiger partial charge on any atom is 0.288 e. The number of amidine groups is 1. The van der Waals surface area contributed by atoms with Crippen LogP contribution >= 0.6 is 0 Å². The summed E-state index contributed by atoms with van der Waals surface area (Å²) < 4.78 is 0. The number of carbonyl (C=O) groups is 2. The molecule has 0 aromatic heterocycles. The van der Waals surface area contributed by atoms with E-state index in [-0.39, 0.29) is 23.7 Å². The summed E-state index contributed by atoms with van der Waals surface area (Å²) in [7, 11) is 0. The van der Waals surface area contributed by atoms with Crippen molar-refractivity contribution in [3.63, 3.8) is 0 Å². The topological polar surface area (TPSA) is 73.8 Å². The molecule has 2 aliphatic rings. The monoisotopic (exact) mass is 376 g/mol. The van der Waals surface area contributed by atoms with Gasteiger partial charge in [0.2, 0.25) is 5.84 Å². The minimum atomic E-state index is -0.624. The molecule has 2 atom stereocenters. The quantitative estimate of drug-likeness (QED) is 0.843. The molecule has 1 aliphatic heterocycles. The van der Waals surface area contributed by atoms with Gasteiger partial charge in [-0.15, -0.1) is 0 Å². The van der Waals surface area contributed by atoms with Crippen molar-refractivity contribution in [3.8, 4) is 0 Å². The molecule has 144 valence electrons. The average Bonchev–Trinajstić information content (AvgIpc) is 3.54. The highest BCUT2D eigenvalue weighted by molar-refractivity contribution is 6.39. The molecule has 2 aromatic carbocycles. The van der Waals surface area contributed by atoms with E-state index in [0.29, 0.717) is 11.6 Å². The van der Waals surface area contributed by atoms with Crippen molar-refractivity contribution in [2.24, 2.45) is 10.9 Å². The summed E-state index contributed by atoms with van der Waals surface area (Å²) in [5.74, 6) is 0.117. The van der Waals surface area contributed by atoms with Gasteiger partial charge < -0.3 is 5.32 Å². The van der Waals surface area contributed by atoms with Gasteiger partial charge in [0.1, 0.15) is 6.04 Å². The lowest BCUT2D eigenvalue weighted by molar-refractivity contribution is -0.120. The molecule has 0 radical (unpaired) electrons. The molecule has 0 saturated heterocycles. The molecule has 2 aromatic rings. The van der Waals surface area contributed by atoms with Gasteiger partial charge in [0.15, 0.2) is 0 Å². The third-order valence-corrected chi connectivity index (χ3v) is 5.16. The lowest BCUT2D eigenvalue weighted by Crippen LogP contribution is -2.58. The predicted octanol–water partition coefficient (Wildman–Crippen LogP) is 2.90. The zero-order chi connectivity index (χ0) is 19.7. The first-order valence-electron chi connectivity index (χ1n) is 9.64. The third-order valence-electron chi connectivity index (χ3n) is 5.16. The number of nitrogens with zero attached hydrogens (tertiary/aromatic N) is 2. The fourth-order valence-electron chi connectivity index (χ4n) is 3.39. The molecule has 28 heavy (non-hydrogen) atoms. The molecule has 1 fully saturated rings. The van der Waals surface area contributed by atoms with Crippen molar-refractivity contribution in [2.75, 3.05) is 5.01 Å². The Bertz CT molecular complexity index is 904. The van der Waals surface area contributed by atoms with Crippen molar-refractivity contribution in [1.29, 1.82) is 0 Å². The highest BCUT2D eigenvalue weighted by Gasteiger charge is 2.36. The van der Waals surface area contributed by atoms with Crippen LogP contribution in [-0.4, -0.2) is 23.7 Å². The van der Waals surface area contributed by atoms with E-state index >= 15 is 0 Å². The van der Waals surface area contributed by atoms with Crippen molar-refractivity contribution in [1.82, 2.24) is 10.7 Å². The van der Waals surface area contributed by atoms with Crippen LogP contribution in [0.2, 0.25) is 0 Å². The zero-order valence-corrected chi connectivity index (χ0v) is 16.1. The van der Waals surface area contributed by atoms with Gasteiger partial charge in [-0.25, -0.2) is 10.0 Å². The predicted molar refractivity (Wildman–Crippen MR) is 109 cm³/mol. The Labute approximate surface area is 164 Å². The number of aryl methyl sites for hydroxylation is 1. The van der Waals surface area contributed by atoms with Crippen molar-refractivity contribution < 1.29 is 9.59 Å². The molecule has 2 unspecified atom stereocenters. The first-order chi connectivity index (χ1) is 13.5. The molecule has 6 nitrogen and oxygen atoms in total. The number of para-hydroxylation sites is 1. The molecule has 4 rings (SSSR count). The highest BCUT2D eigenvalue weighted by Crippen LogP contribution is 2.41. The van der Waals surface area contributed by atoms with Gasteiger partial charge in [0.25, 0.3) is 11.8 Å². The SMILES string of the molecule is Cc1ccc(C(NC(=O)C2=NC(C)C(=O)N(c3ccccc3)N2)C2CC2)cc1. The zero-order valence-electron chi connectivity index (χ0n) is 16.1. The maximum atomic E-state index is 13.0. The maximum absolute atomic E-state index is 13.0. The second-order valence-corrected chi connectivity index (χ2v) is 7.47. The minimum Gasteiger partial charge on any atom is -0.342 e. The van der Waals surface area contributed by atoms with E-state index in [1.807, 2.05) is 37.3 Å². The molecule has 0 bridgehead atoms. The smallest absolute Gasteiger partial charge is 0.288 e. The fraction of sp³-hybridized carbons (Fsp3) is 0.318. The molecular weight excluding hydrogens is 352 g/mol. The Balaban J connectivity index is 1.54. The Kier molecular flexibility index (Phi) is 4.86. The summed E-state index contributed by atoms with van der Waals surface area (Å²) in [5, 5.41) is 4.52. The summed E-state index contributed by atoms with van der Waals surface area (Å²) in [5.41, 5.74) is 5.86. The summed E-state index contributed by atoms with van der Waals surface area (Å²) in [6.45, 7) is 3.75. The Hall–Kier alpha value is -3.15. The van der Waals surface area contributed by atoms with Crippen molar-refractivity contribution >= 4 is 23.3 Å². The Morgan fingerprint density at radius 1 is 1.14 bits per heavy atom. The Morgan fingerprint density at radius 2 is 1.82 bits per heavy atom. The van der Waals surface area contributed by atoms with Crippen LogP contribution in [0.15, 0.2) is 59.6 Å². The van der Waals surface area contributed by atoms with Gasteiger partial charge in [0.05, 0.1) is 11.7 Å². The lowest BCUT2D eigenvalue weighted by Gasteiger charge is -2.31. The normalized spacial score (nSPS) is 20.2. The molecule has 2 N–H and O–H groups in total. The van der Waals surface area contributed by atoms with Crippen molar-refractivity contribution in [2.45, 2.75) is 38.8 Å². The second-order valence-electron chi connectivity index (χ2n) is 7.47. The van der Waals surface area contributed by atoms with Crippen LogP contribution in [0.25, 0.3) is 0 Å². The average molecular weight is 376 g/mol. The van der Waals surface area contributed by atoms with E-state index in [9.17, 15) is 9.59 Å².